The monoisotopic (exact) mass is 280 g/mol. The highest BCUT2D eigenvalue weighted by atomic mass is 16.1. The maximum absolute atomic E-state index is 11.3. The first-order chi connectivity index (χ1) is 10.3. The number of carbonyl (C=O) groups is 1. The van der Waals surface area contributed by atoms with Gasteiger partial charge < -0.3 is 9.88 Å². The molecule has 0 saturated heterocycles. The van der Waals surface area contributed by atoms with Crippen molar-refractivity contribution in [1.82, 2.24) is 9.88 Å². The molecule has 1 aromatic carbocycles. The summed E-state index contributed by atoms with van der Waals surface area (Å²) in [7, 11) is 0. The van der Waals surface area contributed by atoms with E-state index in [-0.39, 0.29) is 0 Å². The zero-order chi connectivity index (χ0) is 14.4. The highest BCUT2D eigenvalue weighted by Crippen LogP contribution is 2.42. The number of para-hydroxylation sites is 1. The molecule has 2 atom stereocenters. The first-order valence-corrected chi connectivity index (χ1v) is 7.84. The van der Waals surface area contributed by atoms with Gasteiger partial charge in [0.2, 0.25) is 0 Å². The van der Waals surface area contributed by atoms with Gasteiger partial charge in [0.1, 0.15) is 6.29 Å². The van der Waals surface area contributed by atoms with Gasteiger partial charge in [-0.2, -0.15) is 0 Å². The third-order valence-electron chi connectivity index (χ3n) is 5.12. The molecule has 0 radical (unpaired) electrons. The van der Waals surface area contributed by atoms with Gasteiger partial charge >= 0.3 is 0 Å². The molecule has 0 saturated carbocycles. The molecule has 0 amide bonds. The molecule has 3 heteroatoms. The Morgan fingerprint density at radius 2 is 2.24 bits per heavy atom. The van der Waals surface area contributed by atoms with E-state index >= 15 is 0 Å². The number of fused-ring (bicyclic) bond motifs is 5. The van der Waals surface area contributed by atoms with E-state index in [2.05, 4.69) is 47.3 Å². The van der Waals surface area contributed by atoms with E-state index in [0.717, 1.165) is 37.7 Å². The fourth-order valence-corrected chi connectivity index (χ4v) is 3.98. The number of nitrogens with one attached hydrogen (secondary N) is 1. The maximum Gasteiger partial charge on any atom is 0.147 e. The van der Waals surface area contributed by atoms with Crippen LogP contribution in [0, 0.1) is 5.92 Å². The van der Waals surface area contributed by atoms with Crippen molar-refractivity contribution in [1.29, 1.82) is 0 Å². The van der Waals surface area contributed by atoms with Crippen LogP contribution in [0.25, 0.3) is 10.9 Å². The van der Waals surface area contributed by atoms with E-state index in [1.165, 1.54) is 22.2 Å². The topological polar surface area (TPSA) is 36.1 Å². The lowest BCUT2D eigenvalue weighted by atomic mass is 9.83. The molecule has 108 valence electrons. The first kappa shape index (κ1) is 12.7. The van der Waals surface area contributed by atoms with Gasteiger partial charge in [0.15, 0.2) is 0 Å². The molecule has 3 nitrogen and oxygen atoms in total. The van der Waals surface area contributed by atoms with Gasteiger partial charge in [-0.15, -0.1) is 0 Å². The molecule has 0 unspecified atom stereocenters. The number of aromatic amines is 1. The molecule has 21 heavy (non-hydrogen) atoms. The maximum atomic E-state index is 11.3. The molecular weight excluding hydrogens is 260 g/mol. The van der Waals surface area contributed by atoms with Crippen LogP contribution < -0.4 is 0 Å². The van der Waals surface area contributed by atoms with Crippen LogP contribution in [0.5, 0.6) is 0 Å². The van der Waals surface area contributed by atoms with E-state index in [1.807, 2.05) is 0 Å². The minimum Gasteiger partial charge on any atom is -0.368 e. The number of allylic oxidation sites excluding steroid dienone is 1. The second kappa shape index (κ2) is 4.76. The minimum atomic E-state index is 0.390. The number of hydrogen-bond acceptors (Lipinski definition) is 2. The highest BCUT2D eigenvalue weighted by Gasteiger charge is 2.34. The second-order valence-electron chi connectivity index (χ2n) is 6.15. The van der Waals surface area contributed by atoms with Gasteiger partial charge in [0, 0.05) is 34.9 Å². The molecule has 0 spiro atoms. The SMILES string of the molecule is CC[C@@H]1C[C@@H]2c3[nH]c4ccccc4c3CCN2C=C1C=O. The van der Waals surface area contributed by atoms with Gasteiger partial charge in [-0.25, -0.2) is 0 Å². The molecule has 1 aromatic heterocycles. The number of benzene rings is 1. The summed E-state index contributed by atoms with van der Waals surface area (Å²) in [6.45, 7) is 3.18. The van der Waals surface area contributed by atoms with Crippen molar-refractivity contribution < 1.29 is 4.79 Å². The summed E-state index contributed by atoms with van der Waals surface area (Å²) in [4.78, 5) is 17.3. The number of aldehydes is 1. The predicted octanol–water partition coefficient (Wildman–Crippen LogP) is 3.58. The standard InChI is InChI=1S/C18H20N2O/c1-2-12-9-17-18-15(7-8-20(17)10-13(12)11-21)14-5-3-4-6-16(14)19-18/h3-6,10-12,17,19H,2,7-9H2,1H3/t12-,17-/m1/s1. The van der Waals surface area contributed by atoms with Gasteiger partial charge in [0.25, 0.3) is 0 Å². The van der Waals surface area contributed by atoms with Crippen molar-refractivity contribution in [3.05, 3.63) is 47.3 Å². The Balaban J connectivity index is 1.82. The molecule has 0 aliphatic carbocycles. The van der Waals surface area contributed by atoms with E-state index in [4.69, 9.17) is 0 Å². The van der Waals surface area contributed by atoms with Crippen molar-refractivity contribution in [3.63, 3.8) is 0 Å². The average Bonchev–Trinajstić information content (AvgIpc) is 2.92. The molecule has 0 bridgehead atoms. The summed E-state index contributed by atoms with van der Waals surface area (Å²) in [5, 5.41) is 1.37. The smallest absolute Gasteiger partial charge is 0.147 e. The van der Waals surface area contributed by atoms with E-state index in [1.54, 1.807) is 0 Å². The molecule has 1 N–H and O–H groups in total. The third-order valence-corrected chi connectivity index (χ3v) is 5.12. The van der Waals surface area contributed by atoms with E-state index < -0.39 is 0 Å². The molecular formula is C18H20N2O. The summed E-state index contributed by atoms with van der Waals surface area (Å²) in [6, 6.07) is 8.97. The van der Waals surface area contributed by atoms with Crippen LogP contribution in [0.1, 0.15) is 37.1 Å². The summed E-state index contributed by atoms with van der Waals surface area (Å²) in [5.74, 6) is 0.390. The van der Waals surface area contributed by atoms with Crippen LogP contribution >= 0.6 is 0 Å². The lowest BCUT2D eigenvalue weighted by Crippen LogP contribution is -2.36. The Bertz CT molecular complexity index is 728. The quantitative estimate of drug-likeness (QED) is 0.854. The van der Waals surface area contributed by atoms with Gasteiger partial charge in [-0.1, -0.05) is 25.1 Å². The van der Waals surface area contributed by atoms with Crippen molar-refractivity contribution >= 4 is 17.2 Å². The lowest BCUT2D eigenvalue weighted by molar-refractivity contribution is -0.105. The second-order valence-corrected chi connectivity index (χ2v) is 6.15. The summed E-state index contributed by atoms with van der Waals surface area (Å²) in [6.07, 6.45) is 6.27. The first-order valence-electron chi connectivity index (χ1n) is 7.84. The lowest BCUT2D eigenvalue weighted by Gasteiger charge is -2.41. The van der Waals surface area contributed by atoms with Crippen LogP contribution in [0.2, 0.25) is 0 Å². The Hall–Kier alpha value is -2.03. The fourth-order valence-electron chi connectivity index (χ4n) is 3.98. The Kier molecular flexibility index (Phi) is 2.88. The van der Waals surface area contributed by atoms with E-state index in [0.29, 0.717) is 12.0 Å². The van der Waals surface area contributed by atoms with Gasteiger partial charge in [0.05, 0.1) is 6.04 Å². The van der Waals surface area contributed by atoms with Crippen LogP contribution in [-0.4, -0.2) is 22.7 Å². The van der Waals surface area contributed by atoms with Crippen LogP contribution in [-0.2, 0) is 11.2 Å². The van der Waals surface area contributed by atoms with Crippen LogP contribution in [0.3, 0.4) is 0 Å². The highest BCUT2D eigenvalue weighted by molar-refractivity contribution is 5.85. The zero-order valence-corrected chi connectivity index (χ0v) is 12.3. The Labute approximate surface area is 124 Å². The number of hydrogen-bond donors (Lipinski definition) is 1. The number of nitrogens with zero attached hydrogens (tertiary/aromatic N) is 1. The third kappa shape index (κ3) is 1.84. The predicted molar refractivity (Wildman–Crippen MR) is 84.0 cm³/mol. The molecule has 3 heterocycles. The molecule has 2 aliphatic rings. The largest absolute Gasteiger partial charge is 0.368 e. The van der Waals surface area contributed by atoms with Crippen molar-refractivity contribution in [2.45, 2.75) is 32.2 Å². The van der Waals surface area contributed by atoms with Gasteiger partial charge in [-0.3, -0.25) is 4.79 Å². The average molecular weight is 280 g/mol. The number of carbonyl (C=O) groups excluding carboxylic acids is 1. The van der Waals surface area contributed by atoms with Crippen LogP contribution in [0.4, 0.5) is 0 Å². The van der Waals surface area contributed by atoms with Crippen molar-refractivity contribution in [2.75, 3.05) is 6.54 Å². The van der Waals surface area contributed by atoms with E-state index in [9.17, 15) is 4.79 Å². The van der Waals surface area contributed by atoms with Crippen molar-refractivity contribution in [3.8, 4) is 0 Å². The number of aromatic nitrogens is 1. The molecule has 4 rings (SSSR count). The molecule has 2 aliphatic heterocycles. The number of H-pyrrole nitrogens is 1. The molecule has 2 aromatic rings. The number of rotatable bonds is 2. The fraction of sp³-hybridized carbons (Fsp3) is 0.389. The normalized spacial score (nSPS) is 24.4. The summed E-state index contributed by atoms with van der Waals surface area (Å²) in [5.41, 5.74) is 5.04. The molecule has 0 fully saturated rings. The van der Waals surface area contributed by atoms with Crippen LogP contribution in [0.15, 0.2) is 36.0 Å². The summed E-state index contributed by atoms with van der Waals surface area (Å²) < 4.78 is 0. The van der Waals surface area contributed by atoms with Crippen molar-refractivity contribution in [2.24, 2.45) is 5.92 Å². The minimum absolute atomic E-state index is 0.390. The Morgan fingerprint density at radius 1 is 1.38 bits per heavy atom. The van der Waals surface area contributed by atoms with Gasteiger partial charge in [-0.05, 0) is 36.8 Å². The Morgan fingerprint density at radius 3 is 3.05 bits per heavy atom. The summed E-state index contributed by atoms with van der Waals surface area (Å²) >= 11 is 0. The zero-order valence-electron chi connectivity index (χ0n) is 12.3.